The number of H-pyrrole nitrogens is 1. The number of hydrogen-bond donors (Lipinski definition) is 1. The van der Waals surface area contributed by atoms with Gasteiger partial charge in [0.05, 0.1) is 11.0 Å². The smallest absolute Gasteiger partial charge is 0.133 e. The van der Waals surface area contributed by atoms with E-state index in [9.17, 15) is 0 Å². The monoisotopic (exact) mass is 206 g/mol. The van der Waals surface area contributed by atoms with Crippen molar-refractivity contribution in [1.29, 1.82) is 0 Å². The largest absolute Gasteiger partial charge is 0.377 e. The number of rotatable bonds is 2. The van der Waals surface area contributed by atoms with Gasteiger partial charge in [0, 0.05) is 7.11 Å². The summed E-state index contributed by atoms with van der Waals surface area (Å²) in [6.45, 7) is 6.60. The summed E-state index contributed by atoms with van der Waals surface area (Å²) >= 11 is 0. The second-order valence-electron chi connectivity index (χ2n) is 3.14. The first-order valence-electron chi connectivity index (χ1n) is 5.24. The number of fused-ring (bicyclic) bond motifs is 1. The summed E-state index contributed by atoms with van der Waals surface area (Å²) in [6.07, 6.45) is 0. The van der Waals surface area contributed by atoms with Crippen molar-refractivity contribution in [3.05, 3.63) is 29.6 Å². The molecule has 0 amide bonds. The lowest BCUT2D eigenvalue weighted by molar-refractivity contribution is 0.179. The van der Waals surface area contributed by atoms with E-state index in [1.807, 2.05) is 19.9 Å². The van der Waals surface area contributed by atoms with Gasteiger partial charge >= 0.3 is 0 Å². The zero-order valence-corrected chi connectivity index (χ0v) is 9.79. The lowest BCUT2D eigenvalue weighted by Crippen LogP contribution is -1.88. The van der Waals surface area contributed by atoms with Crippen molar-refractivity contribution < 1.29 is 4.74 Å². The van der Waals surface area contributed by atoms with Crippen LogP contribution in [-0.2, 0) is 11.3 Å². The minimum Gasteiger partial charge on any atom is -0.377 e. The number of aromatic amines is 1. The molecule has 3 nitrogen and oxygen atoms in total. The van der Waals surface area contributed by atoms with Gasteiger partial charge in [0.25, 0.3) is 0 Å². The van der Waals surface area contributed by atoms with Crippen LogP contribution in [0.1, 0.15) is 25.2 Å². The van der Waals surface area contributed by atoms with Gasteiger partial charge in [-0.05, 0) is 24.6 Å². The highest BCUT2D eigenvalue weighted by molar-refractivity contribution is 5.75. The molecule has 0 atom stereocenters. The molecule has 2 rings (SSSR count). The van der Waals surface area contributed by atoms with Crippen molar-refractivity contribution in [3.63, 3.8) is 0 Å². The van der Waals surface area contributed by atoms with Crippen LogP contribution in [0.3, 0.4) is 0 Å². The molecule has 1 aromatic carbocycles. The lowest BCUT2D eigenvalue weighted by Gasteiger charge is -1.90. The Hall–Kier alpha value is -1.35. The molecule has 2 aromatic rings. The summed E-state index contributed by atoms with van der Waals surface area (Å²) in [7, 11) is 1.67. The van der Waals surface area contributed by atoms with Gasteiger partial charge in [-0.1, -0.05) is 19.9 Å². The molecule has 82 valence electrons. The van der Waals surface area contributed by atoms with Crippen molar-refractivity contribution in [3.8, 4) is 0 Å². The van der Waals surface area contributed by atoms with E-state index in [1.54, 1.807) is 7.11 Å². The Morgan fingerprint density at radius 3 is 2.73 bits per heavy atom. The number of methoxy groups -OCH3 is 1. The highest BCUT2D eigenvalue weighted by atomic mass is 16.5. The maximum atomic E-state index is 4.99. The number of ether oxygens (including phenoxy) is 1. The van der Waals surface area contributed by atoms with E-state index < -0.39 is 0 Å². The average molecular weight is 206 g/mol. The van der Waals surface area contributed by atoms with Gasteiger partial charge in [0.2, 0.25) is 0 Å². The van der Waals surface area contributed by atoms with E-state index in [0.717, 1.165) is 16.9 Å². The Labute approximate surface area is 90.5 Å². The minimum atomic E-state index is 0.535. The predicted molar refractivity (Wildman–Crippen MR) is 62.9 cm³/mol. The second kappa shape index (κ2) is 5.51. The highest BCUT2D eigenvalue weighted by Crippen LogP contribution is 2.13. The third-order valence-corrected chi connectivity index (χ3v) is 1.97. The summed E-state index contributed by atoms with van der Waals surface area (Å²) in [5, 5.41) is 0. The van der Waals surface area contributed by atoms with Crippen LogP contribution >= 0.6 is 0 Å². The van der Waals surface area contributed by atoms with Crippen LogP contribution in [0.2, 0.25) is 0 Å². The molecular formula is C12H18N2O. The predicted octanol–water partition coefficient (Wildman–Crippen LogP) is 3.04. The van der Waals surface area contributed by atoms with Gasteiger partial charge in [-0.3, -0.25) is 0 Å². The number of aryl methyl sites for hydroxylation is 1. The number of nitrogens with zero attached hydrogens (tertiary/aromatic N) is 1. The zero-order chi connectivity index (χ0) is 11.3. The fourth-order valence-corrected chi connectivity index (χ4v) is 1.38. The third kappa shape index (κ3) is 2.80. The molecule has 15 heavy (non-hydrogen) atoms. The normalized spacial score (nSPS) is 9.87. The highest BCUT2D eigenvalue weighted by Gasteiger charge is 2.01. The number of imidazole rings is 1. The molecule has 0 unspecified atom stereocenters. The Bertz CT molecular complexity index is 420. The molecule has 0 radical (unpaired) electrons. The van der Waals surface area contributed by atoms with E-state index in [-0.39, 0.29) is 0 Å². The molecule has 0 saturated carbocycles. The summed E-state index contributed by atoms with van der Waals surface area (Å²) in [6, 6.07) is 6.15. The van der Waals surface area contributed by atoms with Crippen molar-refractivity contribution in [2.75, 3.05) is 7.11 Å². The van der Waals surface area contributed by atoms with Crippen LogP contribution in [0.4, 0.5) is 0 Å². The van der Waals surface area contributed by atoms with Crippen LogP contribution in [0, 0.1) is 6.92 Å². The SMILES string of the molecule is CC.COCc1nc2ccc(C)cc2[nH]1. The molecule has 0 aliphatic rings. The molecular weight excluding hydrogens is 188 g/mol. The van der Waals surface area contributed by atoms with Crippen LogP contribution in [-0.4, -0.2) is 17.1 Å². The molecule has 1 aromatic heterocycles. The summed E-state index contributed by atoms with van der Waals surface area (Å²) in [4.78, 5) is 7.56. The number of benzene rings is 1. The maximum absolute atomic E-state index is 4.99. The Kier molecular flexibility index (Phi) is 4.31. The van der Waals surface area contributed by atoms with Crippen LogP contribution < -0.4 is 0 Å². The van der Waals surface area contributed by atoms with E-state index in [4.69, 9.17) is 4.74 Å². The van der Waals surface area contributed by atoms with Gasteiger partial charge in [0.15, 0.2) is 0 Å². The van der Waals surface area contributed by atoms with Gasteiger partial charge < -0.3 is 9.72 Å². The Balaban J connectivity index is 0.000000531. The van der Waals surface area contributed by atoms with E-state index in [0.29, 0.717) is 6.61 Å². The van der Waals surface area contributed by atoms with E-state index >= 15 is 0 Å². The zero-order valence-electron chi connectivity index (χ0n) is 9.79. The van der Waals surface area contributed by atoms with Gasteiger partial charge in [0.1, 0.15) is 12.4 Å². The molecule has 1 N–H and O–H groups in total. The summed E-state index contributed by atoms with van der Waals surface area (Å²) in [5.74, 6) is 0.878. The van der Waals surface area contributed by atoms with Crippen LogP contribution in [0.15, 0.2) is 18.2 Å². The first-order valence-corrected chi connectivity index (χ1v) is 5.24. The van der Waals surface area contributed by atoms with Crippen molar-refractivity contribution in [2.45, 2.75) is 27.4 Å². The van der Waals surface area contributed by atoms with E-state index in [2.05, 4.69) is 29.0 Å². The Morgan fingerprint density at radius 1 is 1.33 bits per heavy atom. The minimum absolute atomic E-state index is 0.535. The molecule has 3 heteroatoms. The number of aromatic nitrogens is 2. The number of nitrogens with one attached hydrogen (secondary N) is 1. The molecule has 0 fully saturated rings. The fraction of sp³-hybridized carbons (Fsp3) is 0.417. The molecule has 0 aliphatic carbocycles. The molecule has 0 saturated heterocycles. The standard InChI is InChI=1S/C10H12N2O.C2H6/c1-7-3-4-8-9(5-7)12-10(11-8)6-13-2;1-2/h3-5H,6H2,1-2H3,(H,11,12);1-2H3. The summed E-state index contributed by atoms with van der Waals surface area (Å²) in [5.41, 5.74) is 3.31. The second-order valence-corrected chi connectivity index (χ2v) is 3.14. The summed E-state index contributed by atoms with van der Waals surface area (Å²) < 4.78 is 4.99. The third-order valence-electron chi connectivity index (χ3n) is 1.97. The first-order chi connectivity index (χ1) is 7.29. The molecule has 1 heterocycles. The lowest BCUT2D eigenvalue weighted by atomic mass is 10.2. The van der Waals surface area contributed by atoms with Gasteiger partial charge in [-0.15, -0.1) is 0 Å². The van der Waals surface area contributed by atoms with Crippen molar-refractivity contribution in [2.24, 2.45) is 0 Å². The maximum Gasteiger partial charge on any atom is 0.133 e. The topological polar surface area (TPSA) is 37.9 Å². The Morgan fingerprint density at radius 2 is 2.07 bits per heavy atom. The average Bonchev–Trinajstić information content (AvgIpc) is 2.63. The first kappa shape index (κ1) is 11.7. The quantitative estimate of drug-likeness (QED) is 0.820. The number of hydrogen-bond acceptors (Lipinski definition) is 2. The molecule has 0 spiro atoms. The van der Waals surface area contributed by atoms with E-state index in [1.165, 1.54) is 5.56 Å². The van der Waals surface area contributed by atoms with Crippen LogP contribution in [0.25, 0.3) is 11.0 Å². The molecule has 0 bridgehead atoms. The van der Waals surface area contributed by atoms with Crippen molar-refractivity contribution >= 4 is 11.0 Å². The molecule has 0 aliphatic heterocycles. The van der Waals surface area contributed by atoms with Crippen LogP contribution in [0.5, 0.6) is 0 Å². The fourth-order valence-electron chi connectivity index (χ4n) is 1.38. The van der Waals surface area contributed by atoms with Crippen molar-refractivity contribution in [1.82, 2.24) is 9.97 Å². The van der Waals surface area contributed by atoms with Gasteiger partial charge in [-0.2, -0.15) is 0 Å². The van der Waals surface area contributed by atoms with Gasteiger partial charge in [-0.25, -0.2) is 4.98 Å².